The molecule has 8 heteroatoms. The second kappa shape index (κ2) is 7.18. The predicted molar refractivity (Wildman–Crippen MR) is 72.4 cm³/mol. The third kappa shape index (κ3) is 4.44. The number of nitro benzene ring substituents is 1. The minimum absolute atomic E-state index is 0.0798. The number of nitrogens with one attached hydrogen (secondary N) is 1. The highest BCUT2D eigenvalue weighted by Crippen LogP contribution is 2.29. The van der Waals surface area contributed by atoms with Crippen molar-refractivity contribution >= 4 is 23.2 Å². The summed E-state index contributed by atoms with van der Waals surface area (Å²) in [5, 5.41) is 33.1. The van der Waals surface area contributed by atoms with E-state index in [1.54, 1.807) is 0 Å². The molecule has 0 aliphatic rings. The van der Waals surface area contributed by atoms with E-state index in [0.717, 1.165) is 6.07 Å². The Kier molecular flexibility index (Phi) is 5.87. The second-order valence-electron chi connectivity index (χ2n) is 4.25. The average Bonchev–Trinajstić information content (AvgIpc) is 2.37. The molecule has 110 valence electrons. The van der Waals surface area contributed by atoms with Gasteiger partial charge in [-0.05, 0) is 12.5 Å². The van der Waals surface area contributed by atoms with Crippen LogP contribution < -0.4 is 5.32 Å². The molecule has 0 saturated heterocycles. The maximum atomic E-state index is 10.7. The Labute approximate surface area is 120 Å². The minimum atomic E-state index is -1.36. The number of halogens is 1. The number of carbonyl (C=O) groups excluding carboxylic acids is 1. The van der Waals surface area contributed by atoms with Crippen LogP contribution in [0.1, 0.15) is 25.0 Å². The molecule has 1 aromatic carbocycles. The van der Waals surface area contributed by atoms with Gasteiger partial charge in [0.15, 0.2) is 0 Å². The number of nitrogens with zero attached hydrogens (tertiary/aromatic N) is 1. The summed E-state index contributed by atoms with van der Waals surface area (Å²) in [5.41, 5.74) is -0.145. The largest absolute Gasteiger partial charge is 0.390 e. The third-order valence-corrected chi connectivity index (χ3v) is 3.03. The molecule has 0 heterocycles. The number of nitro groups is 1. The van der Waals surface area contributed by atoms with Crippen LogP contribution in [-0.2, 0) is 4.79 Å². The zero-order valence-electron chi connectivity index (χ0n) is 10.7. The van der Waals surface area contributed by atoms with Gasteiger partial charge in [0.1, 0.15) is 6.10 Å². The van der Waals surface area contributed by atoms with E-state index in [9.17, 15) is 25.1 Å². The number of non-ortho nitro benzene ring substituents is 1. The quantitative estimate of drug-likeness (QED) is 0.539. The van der Waals surface area contributed by atoms with E-state index in [2.05, 4.69) is 5.32 Å². The summed E-state index contributed by atoms with van der Waals surface area (Å²) in [4.78, 5) is 20.7. The first-order valence-electron chi connectivity index (χ1n) is 5.87. The van der Waals surface area contributed by atoms with E-state index < -0.39 is 17.1 Å². The van der Waals surface area contributed by atoms with Crippen LogP contribution in [0, 0.1) is 10.1 Å². The number of rotatable bonds is 6. The van der Waals surface area contributed by atoms with E-state index >= 15 is 0 Å². The van der Waals surface area contributed by atoms with E-state index in [4.69, 9.17) is 11.6 Å². The smallest absolute Gasteiger partial charge is 0.269 e. The topological polar surface area (TPSA) is 113 Å². The van der Waals surface area contributed by atoms with Crippen LogP contribution in [0.3, 0.4) is 0 Å². The summed E-state index contributed by atoms with van der Waals surface area (Å²) >= 11 is 5.86. The predicted octanol–water partition coefficient (Wildman–Crippen LogP) is 1.17. The Morgan fingerprint density at radius 1 is 1.50 bits per heavy atom. The summed E-state index contributed by atoms with van der Waals surface area (Å²) in [7, 11) is 0. The van der Waals surface area contributed by atoms with Crippen LogP contribution in [0.5, 0.6) is 0 Å². The molecule has 0 aliphatic carbocycles. The fourth-order valence-corrected chi connectivity index (χ4v) is 1.86. The van der Waals surface area contributed by atoms with E-state index in [1.165, 1.54) is 19.1 Å². The van der Waals surface area contributed by atoms with Gasteiger partial charge in [0, 0.05) is 36.2 Å². The van der Waals surface area contributed by atoms with E-state index in [0.29, 0.717) is 0 Å². The van der Waals surface area contributed by atoms with E-state index in [1.807, 2.05) is 0 Å². The van der Waals surface area contributed by atoms with Crippen LogP contribution in [0.4, 0.5) is 5.69 Å². The Balaban J connectivity index is 2.79. The molecule has 7 nitrogen and oxygen atoms in total. The maximum Gasteiger partial charge on any atom is 0.269 e. The van der Waals surface area contributed by atoms with Gasteiger partial charge in [-0.25, -0.2) is 0 Å². The van der Waals surface area contributed by atoms with E-state index in [-0.39, 0.29) is 35.1 Å². The van der Waals surface area contributed by atoms with Crippen molar-refractivity contribution in [2.45, 2.75) is 25.6 Å². The molecule has 0 aromatic heterocycles. The number of carbonyl (C=O) groups is 1. The molecule has 0 radical (unpaired) electrons. The van der Waals surface area contributed by atoms with Gasteiger partial charge in [-0.3, -0.25) is 14.9 Å². The lowest BCUT2D eigenvalue weighted by atomic mass is 10.0. The normalized spacial score (nSPS) is 13.6. The molecule has 2 unspecified atom stereocenters. The molecule has 0 bridgehead atoms. The Morgan fingerprint density at radius 3 is 2.70 bits per heavy atom. The van der Waals surface area contributed by atoms with Gasteiger partial charge < -0.3 is 15.5 Å². The van der Waals surface area contributed by atoms with Crippen molar-refractivity contribution in [3.63, 3.8) is 0 Å². The van der Waals surface area contributed by atoms with Crippen molar-refractivity contribution in [3.05, 3.63) is 38.9 Å². The van der Waals surface area contributed by atoms with Crippen molar-refractivity contribution in [2.75, 3.05) is 6.54 Å². The van der Waals surface area contributed by atoms with Gasteiger partial charge in [-0.1, -0.05) is 11.6 Å². The summed E-state index contributed by atoms with van der Waals surface area (Å²) in [6, 6.07) is 3.62. The molecule has 2 atom stereocenters. The molecule has 3 N–H and O–H groups in total. The molecule has 0 fully saturated rings. The van der Waals surface area contributed by atoms with Crippen LogP contribution in [0.15, 0.2) is 18.2 Å². The fraction of sp³-hybridized carbons (Fsp3) is 0.417. The van der Waals surface area contributed by atoms with Crippen molar-refractivity contribution in [3.8, 4) is 0 Å². The highest BCUT2D eigenvalue weighted by atomic mass is 35.5. The zero-order valence-corrected chi connectivity index (χ0v) is 11.5. The number of amides is 1. The summed E-state index contributed by atoms with van der Waals surface area (Å²) in [6.45, 7) is 1.51. The molecular weight excluding hydrogens is 288 g/mol. The molecule has 1 amide bonds. The maximum absolute atomic E-state index is 10.7. The summed E-state index contributed by atoms with van der Waals surface area (Å²) < 4.78 is 0. The average molecular weight is 303 g/mol. The number of hydrogen-bond acceptors (Lipinski definition) is 5. The molecule has 0 spiro atoms. The highest BCUT2D eigenvalue weighted by Gasteiger charge is 2.23. The van der Waals surface area contributed by atoms with Gasteiger partial charge in [0.2, 0.25) is 5.91 Å². The van der Waals surface area contributed by atoms with Crippen molar-refractivity contribution in [2.24, 2.45) is 0 Å². The molecule has 1 aromatic rings. The van der Waals surface area contributed by atoms with Gasteiger partial charge in [0.25, 0.3) is 5.69 Å². The first kappa shape index (κ1) is 16.4. The van der Waals surface area contributed by atoms with Crippen LogP contribution >= 0.6 is 11.6 Å². The third-order valence-electron chi connectivity index (χ3n) is 2.69. The zero-order chi connectivity index (χ0) is 15.3. The highest BCUT2D eigenvalue weighted by molar-refractivity contribution is 6.31. The Bertz CT molecular complexity index is 509. The number of benzene rings is 1. The minimum Gasteiger partial charge on any atom is -0.390 e. The lowest BCUT2D eigenvalue weighted by Gasteiger charge is -2.19. The first-order valence-corrected chi connectivity index (χ1v) is 6.25. The lowest BCUT2D eigenvalue weighted by molar-refractivity contribution is -0.385. The van der Waals surface area contributed by atoms with Gasteiger partial charge >= 0.3 is 0 Å². The molecule has 1 rings (SSSR count). The van der Waals surface area contributed by atoms with Crippen molar-refractivity contribution in [1.29, 1.82) is 0 Å². The molecular formula is C12H15ClN2O5. The monoisotopic (exact) mass is 302 g/mol. The fourth-order valence-electron chi connectivity index (χ4n) is 1.63. The van der Waals surface area contributed by atoms with Crippen molar-refractivity contribution < 1.29 is 19.9 Å². The summed E-state index contributed by atoms with van der Waals surface area (Å²) in [5.74, 6) is -0.250. The number of aliphatic hydroxyl groups is 2. The standard InChI is InChI=1S/C12H15ClN2O5/c1-7(16)14-5-4-11(17)12(18)9-6-8(15(19)20)2-3-10(9)13/h2-3,6,11-12,17-18H,4-5H2,1H3,(H,14,16). The molecule has 0 aliphatic heterocycles. The number of hydrogen-bond donors (Lipinski definition) is 3. The van der Waals surface area contributed by atoms with Crippen LogP contribution in [-0.4, -0.2) is 33.7 Å². The molecule has 20 heavy (non-hydrogen) atoms. The Morgan fingerprint density at radius 2 is 2.15 bits per heavy atom. The van der Waals surface area contributed by atoms with Gasteiger partial charge in [-0.15, -0.1) is 0 Å². The SMILES string of the molecule is CC(=O)NCCC(O)C(O)c1cc([N+](=O)[O-])ccc1Cl. The summed E-state index contributed by atoms with van der Waals surface area (Å²) in [6.07, 6.45) is -2.46. The van der Waals surface area contributed by atoms with Gasteiger partial charge in [-0.2, -0.15) is 0 Å². The lowest BCUT2D eigenvalue weighted by Crippen LogP contribution is -2.27. The molecule has 0 saturated carbocycles. The van der Waals surface area contributed by atoms with Crippen LogP contribution in [0.25, 0.3) is 0 Å². The second-order valence-corrected chi connectivity index (χ2v) is 4.65. The first-order chi connectivity index (χ1) is 9.32. The van der Waals surface area contributed by atoms with Crippen LogP contribution in [0.2, 0.25) is 5.02 Å². The van der Waals surface area contributed by atoms with Gasteiger partial charge in [0.05, 0.1) is 11.0 Å². The Hall–Kier alpha value is -1.70. The van der Waals surface area contributed by atoms with Crippen molar-refractivity contribution in [1.82, 2.24) is 5.32 Å². The number of aliphatic hydroxyl groups excluding tert-OH is 2.